The van der Waals surface area contributed by atoms with Gasteiger partial charge in [0.15, 0.2) is 6.04 Å². The van der Waals surface area contributed by atoms with Crippen molar-refractivity contribution >= 4 is 5.91 Å². The molecule has 0 heterocycles. The van der Waals surface area contributed by atoms with Crippen LogP contribution in [0, 0.1) is 0 Å². The maximum Gasteiger partial charge on any atom is 0.412 e. The normalized spacial score (nSPS) is 14.3. The van der Waals surface area contributed by atoms with E-state index < -0.39 is 18.1 Å². The smallest absolute Gasteiger partial charge is 0.355 e. The monoisotopic (exact) mass is 170 g/mol. The van der Waals surface area contributed by atoms with Crippen LogP contribution in [-0.2, 0) is 4.79 Å². The highest BCUT2D eigenvalue weighted by Gasteiger charge is 2.41. The first-order valence-corrected chi connectivity index (χ1v) is 2.99. The highest BCUT2D eigenvalue weighted by molar-refractivity contribution is 5.82. The van der Waals surface area contributed by atoms with Crippen LogP contribution in [0.3, 0.4) is 0 Å². The second-order valence-electron chi connectivity index (χ2n) is 1.91. The molecule has 0 unspecified atom stereocenters. The Hall–Kier alpha value is -0.780. The summed E-state index contributed by atoms with van der Waals surface area (Å²) in [7, 11) is 0. The van der Waals surface area contributed by atoms with Gasteiger partial charge in [0.2, 0.25) is 5.91 Å². The molecule has 3 N–H and O–H groups in total. The molecule has 0 spiro atoms. The van der Waals surface area contributed by atoms with Gasteiger partial charge in [-0.25, -0.2) is 0 Å². The van der Waals surface area contributed by atoms with Crippen LogP contribution in [0.4, 0.5) is 13.2 Å². The number of amides is 1. The van der Waals surface area contributed by atoms with Crippen LogP contribution in [0.1, 0.15) is 6.92 Å². The van der Waals surface area contributed by atoms with Crippen LogP contribution in [0.15, 0.2) is 0 Å². The molecule has 3 nitrogen and oxygen atoms in total. The van der Waals surface area contributed by atoms with Crippen LogP contribution in [0.2, 0.25) is 0 Å². The van der Waals surface area contributed by atoms with Gasteiger partial charge in [0.25, 0.3) is 0 Å². The second-order valence-corrected chi connectivity index (χ2v) is 1.91. The van der Waals surface area contributed by atoms with E-state index in [2.05, 4.69) is 5.73 Å². The molecule has 0 aromatic heterocycles. The van der Waals surface area contributed by atoms with E-state index in [1.807, 2.05) is 5.32 Å². The zero-order valence-electron chi connectivity index (χ0n) is 5.90. The van der Waals surface area contributed by atoms with Crippen molar-refractivity contribution in [2.24, 2.45) is 5.73 Å². The van der Waals surface area contributed by atoms with Gasteiger partial charge in [-0.3, -0.25) is 4.79 Å². The van der Waals surface area contributed by atoms with Crippen molar-refractivity contribution in [2.75, 3.05) is 6.54 Å². The summed E-state index contributed by atoms with van der Waals surface area (Å²) >= 11 is 0. The predicted molar refractivity (Wildman–Crippen MR) is 32.7 cm³/mol. The van der Waals surface area contributed by atoms with Gasteiger partial charge in [-0.15, -0.1) is 0 Å². The molecule has 0 aliphatic rings. The van der Waals surface area contributed by atoms with Gasteiger partial charge in [0, 0.05) is 6.54 Å². The first-order chi connectivity index (χ1) is 4.89. The molecule has 0 rings (SSSR count). The van der Waals surface area contributed by atoms with Crippen molar-refractivity contribution in [3.63, 3.8) is 0 Å². The second kappa shape index (κ2) is 3.56. The van der Waals surface area contributed by atoms with E-state index in [1.54, 1.807) is 0 Å². The molecule has 0 aromatic carbocycles. The molecule has 1 amide bonds. The lowest BCUT2D eigenvalue weighted by molar-refractivity contribution is -0.162. The fourth-order valence-corrected chi connectivity index (χ4v) is 0.433. The van der Waals surface area contributed by atoms with E-state index in [0.717, 1.165) is 0 Å². The summed E-state index contributed by atoms with van der Waals surface area (Å²) in [5.41, 5.74) is 4.54. The lowest BCUT2D eigenvalue weighted by atomic mass is 10.3. The number of alkyl halides is 3. The molecule has 0 radical (unpaired) electrons. The predicted octanol–water partition coefficient (Wildman–Crippen LogP) is 0.0121. The van der Waals surface area contributed by atoms with Gasteiger partial charge < -0.3 is 11.1 Å². The molecular weight excluding hydrogens is 161 g/mol. The fourth-order valence-electron chi connectivity index (χ4n) is 0.433. The largest absolute Gasteiger partial charge is 0.412 e. The Morgan fingerprint density at radius 2 is 2.09 bits per heavy atom. The van der Waals surface area contributed by atoms with Crippen LogP contribution in [0.25, 0.3) is 0 Å². The third-order valence-corrected chi connectivity index (χ3v) is 0.986. The third kappa shape index (κ3) is 3.22. The quantitative estimate of drug-likeness (QED) is 0.613. The summed E-state index contributed by atoms with van der Waals surface area (Å²) in [5.74, 6) is -1.19. The number of nitrogens with two attached hydrogens (primary N) is 1. The molecule has 0 saturated carbocycles. The molecule has 0 saturated heterocycles. The van der Waals surface area contributed by atoms with Gasteiger partial charge in [0.05, 0.1) is 0 Å². The van der Waals surface area contributed by atoms with Crippen molar-refractivity contribution in [2.45, 2.75) is 19.1 Å². The molecule has 6 heteroatoms. The minimum Gasteiger partial charge on any atom is -0.355 e. The lowest BCUT2D eigenvalue weighted by Crippen LogP contribution is -2.50. The summed E-state index contributed by atoms with van der Waals surface area (Å²) in [6.07, 6.45) is -4.65. The van der Waals surface area contributed by atoms with E-state index in [9.17, 15) is 18.0 Å². The molecule has 0 aromatic rings. The van der Waals surface area contributed by atoms with E-state index >= 15 is 0 Å². The van der Waals surface area contributed by atoms with Gasteiger partial charge in [-0.1, -0.05) is 0 Å². The van der Waals surface area contributed by atoms with E-state index in [-0.39, 0.29) is 6.54 Å². The van der Waals surface area contributed by atoms with Crippen molar-refractivity contribution in [3.8, 4) is 0 Å². The van der Waals surface area contributed by atoms with E-state index in [0.29, 0.717) is 0 Å². The molecule has 1 atom stereocenters. The van der Waals surface area contributed by atoms with Crippen LogP contribution in [-0.4, -0.2) is 24.7 Å². The van der Waals surface area contributed by atoms with Gasteiger partial charge in [-0.2, -0.15) is 13.2 Å². The highest BCUT2D eigenvalue weighted by Crippen LogP contribution is 2.17. The first-order valence-electron chi connectivity index (χ1n) is 2.99. The maximum absolute atomic E-state index is 11.6. The minimum absolute atomic E-state index is 0.141. The average molecular weight is 170 g/mol. The zero-order chi connectivity index (χ0) is 9.07. The molecule has 66 valence electrons. The number of rotatable bonds is 2. The number of nitrogens with one attached hydrogen (secondary N) is 1. The number of hydrogen-bond donors (Lipinski definition) is 2. The third-order valence-electron chi connectivity index (χ3n) is 0.986. The summed E-state index contributed by atoms with van der Waals surface area (Å²) in [6, 6.07) is -2.41. The summed E-state index contributed by atoms with van der Waals surface area (Å²) < 4.78 is 34.9. The Bertz CT molecular complexity index is 145. The highest BCUT2D eigenvalue weighted by atomic mass is 19.4. The topological polar surface area (TPSA) is 55.1 Å². The van der Waals surface area contributed by atoms with Crippen LogP contribution < -0.4 is 11.1 Å². The molecule has 0 fully saturated rings. The molecule has 11 heavy (non-hydrogen) atoms. The Morgan fingerprint density at radius 3 is 2.36 bits per heavy atom. The van der Waals surface area contributed by atoms with Crippen molar-refractivity contribution < 1.29 is 18.0 Å². The van der Waals surface area contributed by atoms with Crippen LogP contribution in [0.5, 0.6) is 0 Å². The molecule has 0 aliphatic carbocycles. The van der Waals surface area contributed by atoms with Gasteiger partial charge in [0.1, 0.15) is 0 Å². The Labute approximate surface area is 61.7 Å². The Balaban J connectivity index is 4.03. The molecular formula is C5H9F3N2O. The van der Waals surface area contributed by atoms with Crippen molar-refractivity contribution in [3.05, 3.63) is 0 Å². The number of carbonyl (C=O) groups is 1. The van der Waals surface area contributed by atoms with Gasteiger partial charge >= 0.3 is 6.18 Å². The first kappa shape index (κ1) is 10.2. The molecule has 0 bridgehead atoms. The average Bonchev–Trinajstić information content (AvgIpc) is 1.85. The summed E-state index contributed by atoms with van der Waals surface area (Å²) in [4.78, 5) is 10.4. The van der Waals surface area contributed by atoms with E-state index in [4.69, 9.17) is 0 Å². The SMILES string of the molecule is CCNC(=O)[C@H](N)C(F)(F)F. The zero-order valence-corrected chi connectivity index (χ0v) is 5.90. The van der Waals surface area contributed by atoms with Crippen molar-refractivity contribution in [1.29, 1.82) is 0 Å². The van der Waals surface area contributed by atoms with Crippen LogP contribution >= 0.6 is 0 Å². The van der Waals surface area contributed by atoms with Crippen molar-refractivity contribution in [1.82, 2.24) is 5.32 Å². The summed E-state index contributed by atoms with van der Waals surface area (Å²) in [6.45, 7) is 1.66. The number of carbonyl (C=O) groups excluding carboxylic acids is 1. The Morgan fingerprint density at radius 1 is 1.64 bits per heavy atom. The number of halogens is 3. The number of hydrogen-bond acceptors (Lipinski definition) is 2. The van der Waals surface area contributed by atoms with Gasteiger partial charge in [-0.05, 0) is 6.92 Å². The molecule has 0 aliphatic heterocycles. The van der Waals surface area contributed by atoms with E-state index in [1.165, 1.54) is 6.92 Å². The minimum atomic E-state index is -4.65. The Kier molecular flexibility index (Phi) is 3.31. The summed E-state index contributed by atoms with van der Waals surface area (Å²) in [5, 5.41) is 1.97. The lowest BCUT2D eigenvalue weighted by Gasteiger charge is -2.13. The number of likely N-dealkylation sites (N-methyl/N-ethyl adjacent to an activating group) is 1. The fraction of sp³-hybridized carbons (Fsp3) is 0.800. The standard InChI is InChI=1S/C5H9F3N2O/c1-2-10-4(11)3(9)5(6,7)8/h3H,2,9H2,1H3,(H,10,11)/t3-/m0/s1. The maximum atomic E-state index is 11.6.